The summed E-state index contributed by atoms with van der Waals surface area (Å²) in [6.07, 6.45) is 3.65. The summed E-state index contributed by atoms with van der Waals surface area (Å²) in [5.74, 6) is 0. The summed E-state index contributed by atoms with van der Waals surface area (Å²) >= 11 is 0. The normalized spacial score (nSPS) is 12.7. The second-order valence-electron chi connectivity index (χ2n) is 4.30. The van der Waals surface area contributed by atoms with E-state index in [2.05, 4.69) is 23.1 Å². The van der Waals surface area contributed by atoms with Gasteiger partial charge in [-0.15, -0.1) is 0 Å². The number of pyridine rings is 1. The molecule has 17 heavy (non-hydrogen) atoms. The third-order valence-corrected chi connectivity index (χ3v) is 2.81. The molecular weight excluding hydrogens is 212 g/mol. The van der Waals surface area contributed by atoms with Crippen LogP contribution in [0.15, 0.2) is 24.5 Å². The summed E-state index contributed by atoms with van der Waals surface area (Å²) in [7, 11) is 0. The largest absolute Gasteiger partial charge is 0.319 e. The molecule has 2 aromatic rings. The molecule has 0 spiro atoms. The van der Waals surface area contributed by atoms with Gasteiger partial charge in [-0.05, 0) is 38.0 Å². The minimum Gasteiger partial charge on any atom is -0.319 e. The average molecular weight is 230 g/mol. The van der Waals surface area contributed by atoms with Gasteiger partial charge in [0.25, 0.3) is 0 Å². The topological polar surface area (TPSA) is 56.7 Å². The molecule has 0 amide bonds. The van der Waals surface area contributed by atoms with Crippen LogP contribution in [0.3, 0.4) is 0 Å². The molecule has 2 rings (SSSR count). The summed E-state index contributed by atoms with van der Waals surface area (Å²) in [5.41, 5.74) is 10.5. The highest BCUT2D eigenvalue weighted by Gasteiger charge is 2.15. The fourth-order valence-corrected chi connectivity index (χ4v) is 1.99. The van der Waals surface area contributed by atoms with Crippen LogP contribution in [0.1, 0.15) is 35.5 Å². The fourth-order valence-electron chi connectivity index (χ4n) is 1.99. The number of nitrogens with zero attached hydrogens (tertiary/aromatic N) is 3. The van der Waals surface area contributed by atoms with Crippen LogP contribution in [0.25, 0.3) is 0 Å². The Balaban J connectivity index is 2.39. The van der Waals surface area contributed by atoms with Crippen molar-refractivity contribution in [3.05, 3.63) is 47.0 Å². The summed E-state index contributed by atoms with van der Waals surface area (Å²) in [5, 5.41) is 4.41. The molecule has 0 fully saturated rings. The van der Waals surface area contributed by atoms with Gasteiger partial charge in [-0.25, -0.2) is 0 Å². The van der Waals surface area contributed by atoms with E-state index in [0.29, 0.717) is 0 Å². The van der Waals surface area contributed by atoms with E-state index in [1.807, 2.05) is 37.0 Å². The van der Waals surface area contributed by atoms with Crippen LogP contribution in [-0.2, 0) is 6.54 Å². The molecule has 2 heterocycles. The Bertz CT molecular complexity index is 516. The molecule has 0 saturated heterocycles. The molecule has 1 unspecified atom stereocenters. The summed E-state index contributed by atoms with van der Waals surface area (Å²) in [6.45, 7) is 6.90. The van der Waals surface area contributed by atoms with Crippen LogP contribution in [-0.4, -0.2) is 14.8 Å². The van der Waals surface area contributed by atoms with Crippen molar-refractivity contribution in [3.8, 4) is 0 Å². The third kappa shape index (κ3) is 2.36. The lowest BCUT2D eigenvalue weighted by molar-refractivity contribution is 0.596. The number of hydrogen-bond donors (Lipinski definition) is 1. The summed E-state index contributed by atoms with van der Waals surface area (Å²) in [6, 6.07) is 3.94. The molecule has 2 aromatic heterocycles. The lowest BCUT2D eigenvalue weighted by atomic mass is 10.1. The Kier molecular flexibility index (Phi) is 3.24. The molecule has 0 bridgehead atoms. The van der Waals surface area contributed by atoms with Crippen LogP contribution >= 0.6 is 0 Å². The smallest absolute Gasteiger partial charge is 0.0738 e. The zero-order valence-electron chi connectivity index (χ0n) is 10.5. The van der Waals surface area contributed by atoms with E-state index in [4.69, 9.17) is 5.73 Å². The van der Waals surface area contributed by atoms with E-state index in [9.17, 15) is 0 Å². The van der Waals surface area contributed by atoms with E-state index in [1.165, 1.54) is 0 Å². The van der Waals surface area contributed by atoms with Gasteiger partial charge in [0.15, 0.2) is 0 Å². The molecular formula is C13H18N4. The van der Waals surface area contributed by atoms with E-state index in [-0.39, 0.29) is 6.04 Å². The summed E-state index contributed by atoms with van der Waals surface area (Å²) < 4.78 is 1.95. The van der Waals surface area contributed by atoms with E-state index < -0.39 is 0 Å². The highest BCUT2D eigenvalue weighted by atomic mass is 15.3. The van der Waals surface area contributed by atoms with Gasteiger partial charge in [-0.3, -0.25) is 9.67 Å². The van der Waals surface area contributed by atoms with Crippen LogP contribution in [0, 0.1) is 13.8 Å². The Hall–Kier alpha value is -1.68. The maximum Gasteiger partial charge on any atom is 0.0738 e. The lowest BCUT2D eigenvalue weighted by Crippen LogP contribution is -2.17. The van der Waals surface area contributed by atoms with E-state index in [1.54, 1.807) is 0 Å². The zero-order chi connectivity index (χ0) is 12.4. The van der Waals surface area contributed by atoms with Crippen LogP contribution in [0.2, 0.25) is 0 Å². The van der Waals surface area contributed by atoms with Crippen molar-refractivity contribution in [1.29, 1.82) is 0 Å². The van der Waals surface area contributed by atoms with E-state index >= 15 is 0 Å². The second kappa shape index (κ2) is 4.67. The van der Waals surface area contributed by atoms with Gasteiger partial charge in [0.2, 0.25) is 0 Å². The Labute approximate surface area is 101 Å². The Morgan fingerprint density at radius 2 is 2.06 bits per heavy atom. The monoisotopic (exact) mass is 230 g/mol. The van der Waals surface area contributed by atoms with Gasteiger partial charge in [0, 0.05) is 18.9 Å². The van der Waals surface area contributed by atoms with Crippen molar-refractivity contribution in [2.45, 2.75) is 33.4 Å². The zero-order valence-corrected chi connectivity index (χ0v) is 10.5. The molecule has 2 N–H and O–H groups in total. The Morgan fingerprint density at radius 3 is 2.71 bits per heavy atom. The van der Waals surface area contributed by atoms with Gasteiger partial charge >= 0.3 is 0 Å². The maximum atomic E-state index is 6.27. The lowest BCUT2D eigenvalue weighted by Gasteiger charge is -2.13. The van der Waals surface area contributed by atoms with Crippen LogP contribution in [0.4, 0.5) is 0 Å². The highest BCUT2D eigenvalue weighted by Crippen LogP contribution is 2.20. The molecule has 0 aromatic carbocycles. The maximum absolute atomic E-state index is 6.27. The van der Waals surface area contributed by atoms with Crippen molar-refractivity contribution in [2.75, 3.05) is 0 Å². The number of nitrogens with two attached hydrogens (primary N) is 1. The average Bonchev–Trinajstić information content (AvgIpc) is 2.69. The van der Waals surface area contributed by atoms with Gasteiger partial charge < -0.3 is 5.73 Å². The standard InChI is InChI=1S/C13H18N4/c1-4-17-12(6-10(3)16-17)13(14)11-5-9(2)7-15-8-11/h5-8,13H,4,14H2,1-3H3. The first-order chi connectivity index (χ1) is 8.11. The van der Waals surface area contributed by atoms with Crippen LogP contribution < -0.4 is 5.73 Å². The van der Waals surface area contributed by atoms with Gasteiger partial charge in [0.05, 0.1) is 17.4 Å². The third-order valence-electron chi connectivity index (χ3n) is 2.81. The SMILES string of the molecule is CCn1nc(C)cc1C(N)c1cncc(C)c1. The van der Waals surface area contributed by atoms with Crippen molar-refractivity contribution >= 4 is 0 Å². The minimum absolute atomic E-state index is 0.163. The van der Waals surface area contributed by atoms with Gasteiger partial charge in [0.1, 0.15) is 0 Å². The molecule has 0 aliphatic rings. The molecule has 0 saturated carbocycles. The molecule has 1 atom stereocenters. The molecule has 0 aliphatic heterocycles. The van der Waals surface area contributed by atoms with Crippen molar-refractivity contribution in [1.82, 2.24) is 14.8 Å². The summed E-state index contributed by atoms with van der Waals surface area (Å²) in [4.78, 5) is 4.18. The molecule has 0 radical (unpaired) electrons. The van der Waals surface area contributed by atoms with Crippen LogP contribution in [0.5, 0.6) is 0 Å². The van der Waals surface area contributed by atoms with Crippen molar-refractivity contribution in [3.63, 3.8) is 0 Å². The first-order valence-electron chi connectivity index (χ1n) is 5.83. The second-order valence-corrected chi connectivity index (χ2v) is 4.30. The quantitative estimate of drug-likeness (QED) is 0.877. The fraction of sp³-hybridized carbons (Fsp3) is 0.385. The predicted octanol–water partition coefficient (Wildman–Crippen LogP) is 1.96. The highest BCUT2D eigenvalue weighted by molar-refractivity contribution is 5.28. The van der Waals surface area contributed by atoms with Gasteiger partial charge in [-0.1, -0.05) is 6.07 Å². The molecule has 90 valence electrons. The first kappa shape index (κ1) is 11.8. The number of aryl methyl sites for hydroxylation is 3. The minimum atomic E-state index is -0.163. The van der Waals surface area contributed by atoms with E-state index in [0.717, 1.165) is 29.1 Å². The van der Waals surface area contributed by atoms with Crippen molar-refractivity contribution < 1.29 is 0 Å². The first-order valence-corrected chi connectivity index (χ1v) is 5.83. The molecule has 4 heteroatoms. The van der Waals surface area contributed by atoms with Gasteiger partial charge in [-0.2, -0.15) is 5.10 Å². The predicted molar refractivity (Wildman–Crippen MR) is 67.6 cm³/mol. The number of rotatable bonds is 3. The number of aromatic nitrogens is 3. The Morgan fingerprint density at radius 1 is 1.29 bits per heavy atom. The van der Waals surface area contributed by atoms with Crippen molar-refractivity contribution in [2.24, 2.45) is 5.73 Å². The molecule has 4 nitrogen and oxygen atoms in total. The molecule has 0 aliphatic carbocycles. The number of hydrogen-bond acceptors (Lipinski definition) is 3.